The topological polar surface area (TPSA) is 22.8 Å². The summed E-state index contributed by atoms with van der Waals surface area (Å²) >= 11 is 0. The van der Waals surface area contributed by atoms with E-state index in [-0.39, 0.29) is 0 Å². The van der Waals surface area contributed by atoms with E-state index in [1.165, 1.54) is 104 Å². The predicted octanol–water partition coefficient (Wildman–Crippen LogP) is 14.6. The molecule has 12 aromatic rings. The minimum absolute atomic E-state index is 1.02. The van der Waals surface area contributed by atoms with Gasteiger partial charge in [-0.3, -0.25) is 4.98 Å². The molecular weight excluding hydrogens is 703 g/mol. The van der Waals surface area contributed by atoms with Gasteiger partial charge >= 0.3 is 0 Å². The van der Waals surface area contributed by atoms with Gasteiger partial charge in [-0.05, 0) is 99.3 Å². The number of fused-ring (bicyclic) bond motifs is 11. The number of rotatable bonds is 4. The smallest absolute Gasteiger partial charge is 0.0787 e. The maximum Gasteiger partial charge on any atom is 0.0787 e. The largest absolute Gasteiger partial charge is 0.309 e. The normalized spacial score (nSPS) is 12.1. The fourth-order valence-corrected chi connectivity index (χ4v) is 9.96. The molecule has 0 atom stereocenters. The highest BCUT2D eigenvalue weighted by Gasteiger charge is 2.25. The number of nitrogens with zero attached hydrogens (tertiary/aromatic N) is 3. The highest BCUT2D eigenvalue weighted by Crippen LogP contribution is 2.50. The molecule has 3 heterocycles. The van der Waals surface area contributed by atoms with Crippen LogP contribution in [0.4, 0.5) is 0 Å². The van der Waals surface area contributed by atoms with E-state index in [9.17, 15) is 0 Å². The lowest BCUT2D eigenvalue weighted by Gasteiger charge is -2.13. The first-order valence-corrected chi connectivity index (χ1v) is 20.0. The minimum atomic E-state index is 1.02. The van der Waals surface area contributed by atoms with Crippen molar-refractivity contribution in [3.63, 3.8) is 0 Å². The number of hydrogen-bond donors (Lipinski definition) is 0. The van der Waals surface area contributed by atoms with Gasteiger partial charge < -0.3 is 9.13 Å². The van der Waals surface area contributed by atoms with E-state index < -0.39 is 0 Å². The van der Waals surface area contributed by atoms with Crippen molar-refractivity contribution in [1.29, 1.82) is 0 Å². The summed E-state index contributed by atoms with van der Waals surface area (Å²) in [7, 11) is 0. The van der Waals surface area contributed by atoms with E-state index in [2.05, 4.69) is 203 Å². The van der Waals surface area contributed by atoms with Crippen LogP contribution in [0, 0.1) is 0 Å². The van der Waals surface area contributed by atoms with Crippen LogP contribution in [0.2, 0.25) is 0 Å². The summed E-state index contributed by atoms with van der Waals surface area (Å²) in [5.41, 5.74) is 16.6. The number of aromatic nitrogens is 3. The Bertz CT molecular complexity index is 3680. The molecule has 0 radical (unpaired) electrons. The van der Waals surface area contributed by atoms with Gasteiger partial charge in [0, 0.05) is 61.0 Å². The maximum atomic E-state index is 5.14. The van der Waals surface area contributed by atoms with Crippen LogP contribution in [0.25, 0.3) is 121 Å². The molecule has 58 heavy (non-hydrogen) atoms. The number of benzene rings is 9. The van der Waals surface area contributed by atoms with Gasteiger partial charge in [-0.25, -0.2) is 0 Å². The zero-order valence-corrected chi connectivity index (χ0v) is 31.4. The van der Waals surface area contributed by atoms with Crippen molar-refractivity contribution in [2.45, 2.75) is 0 Å². The minimum Gasteiger partial charge on any atom is -0.309 e. The third kappa shape index (κ3) is 4.36. The Morgan fingerprint density at radius 1 is 0.328 bits per heavy atom. The maximum absolute atomic E-state index is 5.14. The third-order valence-corrected chi connectivity index (χ3v) is 12.5. The van der Waals surface area contributed by atoms with Crippen LogP contribution in [0.5, 0.6) is 0 Å². The second-order valence-electron chi connectivity index (χ2n) is 15.5. The molecule has 0 saturated carbocycles. The average molecular weight is 736 g/mol. The standard InChI is InChI=1S/C55H33N3/c1-2-15-39(16-3-1)57-50-28-26-36(32-47(50)53-41-18-5-4-12-34(41)24-29-51(53)57)35-25-27-49-46(31-35)43-20-8-9-23-48(43)58(49)40-17-10-13-37(30-40)55-54-45-21-7-6-19-42(45)44-22-11-14-38(33-56-55)52(44)54/h1-33H. The van der Waals surface area contributed by atoms with Crippen LogP contribution in [0.1, 0.15) is 0 Å². The Morgan fingerprint density at radius 3 is 1.83 bits per heavy atom. The van der Waals surface area contributed by atoms with Crippen molar-refractivity contribution in [2.75, 3.05) is 0 Å². The molecule has 1 aliphatic rings. The zero-order chi connectivity index (χ0) is 37.9. The Labute approximate surface area is 334 Å². The second-order valence-corrected chi connectivity index (χ2v) is 15.5. The lowest BCUT2D eigenvalue weighted by molar-refractivity contribution is 1.18. The Balaban J connectivity index is 0.990. The quantitative estimate of drug-likeness (QED) is 0.176. The molecule has 9 aromatic carbocycles. The summed E-state index contributed by atoms with van der Waals surface area (Å²) in [6.07, 6.45) is 2.04. The number of hydrogen-bond acceptors (Lipinski definition) is 1. The predicted molar refractivity (Wildman–Crippen MR) is 243 cm³/mol. The summed E-state index contributed by atoms with van der Waals surface area (Å²) < 4.78 is 4.82. The molecule has 0 fully saturated rings. The Morgan fingerprint density at radius 2 is 0.948 bits per heavy atom. The van der Waals surface area contributed by atoms with Crippen molar-refractivity contribution >= 4 is 65.2 Å². The number of para-hydroxylation sites is 2. The Hall–Kier alpha value is -7.75. The van der Waals surface area contributed by atoms with Gasteiger partial charge in [-0.2, -0.15) is 0 Å². The van der Waals surface area contributed by atoms with E-state index in [4.69, 9.17) is 4.98 Å². The van der Waals surface area contributed by atoms with Crippen molar-refractivity contribution < 1.29 is 0 Å². The van der Waals surface area contributed by atoms with Crippen LogP contribution in [0.3, 0.4) is 0 Å². The summed E-state index contributed by atoms with van der Waals surface area (Å²) in [4.78, 5) is 5.14. The first kappa shape index (κ1) is 31.5. The molecule has 0 saturated heterocycles. The molecule has 268 valence electrons. The van der Waals surface area contributed by atoms with Gasteiger partial charge in [0.2, 0.25) is 0 Å². The van der Waals surface area contributed by atoms with Gasteiger partial charge in [-0.15, -0.1) is 0 Å². The zero-order valence-electron chi connectivity index (χ0n) is 31.4. The fraction of sp³-hybridized carbons (Fsp3) is 0. The summed E-state index contributed by atoms with van der Waals surface area (Å²) in [6, 6.07) is 71.0. The third-order valence-electron chi connectivity index (χ3n) is 12.5. The van der Waals surface area contributed by atoms with E-state index in [1.54, 1.807) is 0 Å². The van der Waals surface area contributed by atoms with Crippen molar-refractivity contribution in [3.8, 4) is 56.0 Å². The van der Waals surface area contributed by atoms with Crippen LogP contribution < -0.4 is 0 Å². The van der Waals surface area contributed by atoms with E-state index in [1.807, 2.05) is 6.20 Å². The van der Waals surface area contributed by atoms with Gasteiger partial charge in [0.25, 0.3) is 0 Å². The fourth-order valence-electron chi connectivity index (χ4n) is 9.96. The highest BCUT2D eigenvalue weighted by atomic mass is 15.0. The van der Waals surface area contributed by atoms with Crippen molar-refractivity contribution in [2.24, 2.45) is 0 Å². The molecule has 3 nitrogen and oxygen atoms in total. The molecule has 13 rings (SSSR count). The molecule has 0 spiro atoms. The molecule has 1 aliphatic carbocycles. The van der Waals surface area contributed by atoms with Crippen LogP contribution >= 0.6 is 0 Å². The first-order chi connectivity index (χ1) is 28.8. The van der Waals surface area contributed by atoms with E-state index in [0.717, 1.165) is 16.9 Å². The van der Waals surface area contributed by atoms with Gasteiger partial charge in [0.15, 0.2) is 0 Å². The summed E-state index contributed by atoms with van der Waals surface area (Å²) in [6.45, 7) is 0. The van der Waals surface area contributed by atoms with Crippen molar-refractivity contribution in [3.05, 3.63) is 200 Å². The van der Waals surface area contributed by atoms with E-state index in [0.29, 0.717) is 0 Å². The molecule has 0 aliphatic heterocycles. The Kier molecular flexibility index (Phi) is 6.44. The molecule has 0 bridgehead atoms. The van der Waals surface area contributed by atoms with Crippen LogP contribution in [0.15, 0.2) is 200 Å². The van der Waals surface area contributed by atoms with Crippen LogP contribution in [-0.4, -0.2) is 14.1 Å². The lowest BCUT2D eigenvalue weighted by atomic mass is 9.98. The lowest BCUT2D eigenvalue weighted by Crippen LogP contribution is -1.95. The van der Waals surface area contributed by atoms with Gasteiger partial charge in [0.1, 0.15) is 0 Å². The summed E-state index contributed by atoms with van der Waals surface area (Å²) in [5, 5.41) is 10.0. The van der Waals surface area contributed by atoms with E-state index >= 15 is 0 Å². The molecular formula is C55H33N3. The average Bonchev–Trinajstić information content (AvgIpc) is 3.93. The van der Waals surface area contributed by atoms with Crippen LogP contribution in [-0.2, 0) is 0 Å². The molecule has 0 amide bonds. The molecule has 3 aromatic heterocycles. The highest BCUT2D eigenvalue weighted by molar-refractivity contribution is 6.22. The molecule has 3 heteroatoms. The SMILES string of the molecule is c1ccc(-n2c3ccc(-c4ccc5c(c4)c4ccccc4n5-c4cccc(-c5ncc6cccc7c6c5-c5ccccc5-7)c4)cc3c3c4ccccc4ccc32)cc1. The molecule has 0 unspecified atom stereocenters. The van der Waals surface area contributed by atoms with Gasteiger partial charge in [-0.1, -0.05) is 133 Å². The van der Waals surface area contributed by atoms with Gasteiger partial charge in [0.05, 0.1) is 27.8 Å². The van der Waals surface area contributed by atoms with Crippen molar-refractivity contribution in [1.82, 2.24) is 14.1 Å². The molecule has 0 N–H and O–H groups in total. The summed E-state index contributed by atoms with van der Waals surface area (Å²) in [5.74, 6) is 0. The second kappa shape index (κ2) is 11.9. The number of pyridine rings is 1. The monoisotopic (exact) mass is 735 g/mol. The first-order valence-electron chi connectivity index (χ1n) is 20.0.